The summed E-state index contributed by atoms with van der Waals surface area (Å²) in [6.45, 7) is 0. The van der Waals surface area contributed by atoms with Crippen molar-refractivity contribution < 1.29 is 22.0 Å². The molecule has 2 N–H and O–H groups in total. The summed E-state index contributed by atoms with van der Waals surface area (Å²) in [4.78, 5) is 23.1. The van der Waals surface area contributed by atoms with Crippen LogP contribution in [0.3, 0.4) is 0 Å². The van der Waals surface area contributed by atoms with Crippen molar-refractivity contribution in [3.8, 4) is 0 Å². The molecule has 0 fully saturated rings. The topological polar surface area (TPSA) is 108 Å². The number of aromatic amines is 1. The van der Waals surface area contributed by atoms with Gasteiger partial charge in [0.25, 0.3) is 0 Å². The molecule has 0 unspecified atom stereocenters. The number of carbonyl (C=O) groups excluding carboxylic acids is 1. The number of fused-ring (bicyclic) bond motifs is 1. The normalized spacial score (nSPS) is 11.9. The highest BCUT2D eigenvalue weighted by molar-refractivity contribution is 7.90. The molecule has 2 aromatic heterocycles. The third kappa shape index (κ3) is 3.02. The maximum atomic E-state index is 14.7. The third-order valence-electron chi connectivity index (χ3n) is 3.64. The van der Waals surface area contributed by atoms with Crippen molar-refractivity contribution in [2.24, 2.45) is 0 Å². The molecule has 3 rings (SSSR count). The fraction of sp³-hybridized carbons (Fsp3) is 0.133. The zero-order valence-electron chi connectivity index (χ0n) is 13.6. The molecule has 1 aromatic carbocycles. The summed E-state index contributed by atoms with van der Waals surface area (Å²) in [6.07, 6.45) is 3.85. The number of aromatic nitrogens is 3. The number of hydrogen-bond donors (Lipinski definition) is 2. The van der Waals surface area contributed by atoms with Crippen molar-refractivity contribution in [1.82, 2.24) is 19.3 Å². The molecule has 0 saturated carbocycles. The Morgan fingerprint density at radius 2 is 2.00 bits per heavy atom. The minimum absolute atomic E-state index is 0.0361. The molecule has 2 heterocycles. The molecule has 136 valence electrons. The summed E-state index contributed by atoms with van der Waals surface area (Å²) in [6, 6.07) is 1.72. The van der Waals surface area contributed by atoms with Gasteiger partial charge >= 0.3 is 10.2 Å². The molecule has 8 nitrogen and oxygen atoms in total. The van der Waals surface area contributed by atoms with Crippen molar-refractivity contribution >= 4 is 32.7 Å². The van der Waals surface area contributed by atoms with Gasteiger partial charge in [-0.25, -0.2) is 18.7 Å². The van der Waals surface area contributed by atoms with E-state index in [0.717, 1.165) is 16.4 Å². The van der Waals surface area contributed by atoms with E-state index in [4.69, 9.17) is 0 Å². The van der Waals surface area contributed by atoms with Crippen LogP contribution in [0.25, 0.3) is 11.0 Å². The van der Waals surface area contributed by atoms with Crippen LogP contribution < -0.4 is 4.72 Å². The fourth-order valence-corrected chi connectivity index (χ4v) is 2.87. The molecule has 0 aliphatic carbocycles. The lowest BCUT2D eigenvalue weighted by atomic mass is 10.0. The highest BCUT2D eigenvalue weighted by Gasteiger charge is 2.26. The van der Waals surface area contributed by atoms with Crippen molar-refractivity contribution in [3.63, 3.8) is 0 Å². The quantitative estimate of drug-likeness (QED) is 0.654. The molecule has 26 heavy (non-hydrogen) atoms. The Kier molecular flexibility index (Phi) is 4.42. The van der Waals surface area contributed by atoms with Gasteiger partial charge in [-0.1, -0.05) is 0 Å². The van der Waals surface area contributed by atoms with E-state index >= 15 is 0 Å². The van der Waals surface area contributed by atoms with Crippen molar-refractivity contribution in [1.29, 1.82) is 0 Å². The van der Waals surface area contributed by atoms with Gasteiger partial charge in [0.2, 0.25) is 5.78 Å². The summed E-state index contributed by atoms with van der Waals surface area (Å²) in [5.41, 5.74) is -1.13. The number of benzene rings is 1. The molecule has 0 saturated heterocycles. The van der Waals surface area contributed by atoms with Gasteiger partial charge in [-0.2, -0.15) is 12.7 Å². The van der Waals surface area contributed by atoms with E-state index in [1.807, 2.05) is 4.72 Å². The first-order valence-corrected chi connectivity index (χ1v) is 8.66. The van der Waals surface area contributed by atoms with E-state index in [9.17, 15) is 22.0 Å². The zero-order valence-corrected chi connectivity index (χ0v) is 14.4. The summed E-state index contributed by atoms with van der Waals surface area (Å²) in [5.74, 6) is -3.40. The van der Waals surface area contributed by atoms with Crippen LogP contribution in [-0.2, 0) is 10.2 Å². The van der Waals surface area contributed by atoms with Crippen LogP contribution in [0.15, 0.2) is 30.9 Å². The number of carbonyl (C=O) groups is 1. The van der Waals surface area contributed by atoms with Crippen LogP contribution in [0.4, 0.5) is 14.5 Å². The SMILES string of the molecule is CN(C)S(=O)(=O)Nc1ccc(F)c(C(=O)c2c[nH]c3ncncc23)c1F. The van der Waals surface area contributed by atoms with Crippen LogP contribution in [-0.4, -0.2) is 47.6 Å². The van der Waals surface area contributed by atoms with Gasteiger partial charge in [0.15, 0.2) is 5.82 Å². The lowest BCUT2D eigenvalue weighted by Crippen LogP contribution is -2.29. The van der Waals surface area contributed by atoms with Crippen LogP contribution in [0.1, 0.15) is 15.9 Å². The summed E-state index contributed by atoms with van der Waals surface area (Å²) < 4.78 is 55.4. The van der Waals surface area contributed by atoms with E-state index in [1.165, 1.54) is 32.8 Å². The Balaban J connectivity index is 2.10. The molecule has 3 aromatic rings. The van der Waals surface area contributed by atoms with Crippen LogP contribution in [0, 0.1) is 11.6 Å². The second-order valence-corrected chi connectivity index (χ2v) is 7.37. The molecule has 0 radical (unpaired) electrons. The van der Waals surface area contributed by atoms with Crippen molar-refractivity contribution in [2.45, 2.75) is 0 Å². The van der Waals surface area contributed by atoms with E-state index in [1.54, 1.807) is 0 Å². The number of ketones is 1. The number of H-pyrrole nitrogens is 1. The Morgan fingerprint density at radius 3 is 2.69 bits per heavy atom. The molecule has 0 atom stereocenters. The summed E-state index contributed by atoms with van der Waals surface area (Å²) in [7, 11) is -1.56. The zero-order chi connectivity index (χ0) is 19.1. The summed E-state index contributed by atoms with van der Waals surface area (Å²) >= 11 is 0. The van der Waals surface area contributed by atoms with E-state index in [2.05, 4.69) is 15.0 Å². The maximum absolute atomic E-state index is 14.7. The Hall–Kier alpha value is -2.92. The second-order valence-electron chi connectivity index (χ2n) is 5.49. The van der Waals surface area contributed by atoms with Crippen LogP contribution in [0.2, 0.25) is 0 Å². The Morgan fingerprint density at radius 1 is 1.27 bits per heavy atom. The molecule has 0 spiro atoms. The average Bonchev–Trinajstić information content (AvgIpc) is 3.01. The number of hydrogen-bond acceptors (Lipinski definition) is 5. The van der Waals surface area contributed by atoms with E-state index < -0.39 is 38.9 Å². The lowest BCUT2D eigenvalue weighted by Gasteiger charge is -2.15. The van der Waals surface area contributed by atoms with Gasteiger partial charge in [0.05, 0.1) is 16.8 Å². The number of anilines is 1. The molecule has 0 bridgehead atoms. The summed E-state index contributed by atoms with van der Waals surface area (Å²) in [5, 5.41) is 0.288. The van der Waals surface area contributed by atoms with Gasteiger partial charge in [0, 0.05) is 31.9 Å². The molecule has 0 amide bonds. The highest BCUT2D eigenvalue weighted by atomic mass is 32.2. The van der Waals surface area contributed by atoms with Crippen LogP contribution in [0.5, 0.6) is 0 Å². The lowest BCUT2D eigenvalue weighted by molar-refractivity contribution is 0.103. The smallest absolute Gasteiger partial charge is 0.301 e. The number of nitrogens with zero attached hydrogens (tertiary/aromatic N) is 3. The predicted octanol–water partition coefficient (Wildman–Crippen LogP) is 1.69. The van der Waals surface area contributed by atoms with Crippen molar-refractivity contribution in [2.75, 3.05) is 18.8 Å². The largest absolute Gasteiger partial charge is 0.345 e. The monoisotopic (exact) mass is 381 g/mol. The van der Waals surface area contributed by atoms with Crippen molar-refractivity contribution in [3.05, 3.63) is 53.6 Å². The first-order valence-electron chi connectivity index (χ1n) is 7.22. The molecule has 0 aliphatic rings. The van der Waals surface area contributed by atoms with Gasteiger partial charge in [-0.15, -0.1) is 0 Å². The minimum atomic E-state index is -4.03. The number of rotatable bonds is 5. The van der Waals surface area contributed by atoms with E-state index in [-0.39, 0.29) is 10.9 Å². The van der Waals surface area contributed by atoms with Gasteiger partial charge in [-0.05, 0) is 12.1 Å². The number of nitrogens with one attached hydrogen (secondary N) is 2. The average molecular weight is 381 g/mol. The predicted molar refractivity (Wildman–Crippen MR) is 89.9 cm³/mol. The third-order valence-corrected chi connectivity index (χ3v) is 5.08. The molecular weight excluding hydrogens is 368 g/mol. The molecule has 11 heteroatoms. The standard InChI is InChI=1S/C15H13F2N5O3S/c1-22(2)26(24,25)21-11-4-3-10(16)12(13(11)17)14(23)8-6-19-15-9(8)5-18-7-20-15/h3-7,21H,1-2H3,(H,18,19,20). The van der Waals surface area contributed by atoms with Gasteiger partial charge < -0.3 is 4.98 Å². The van der Waals surface area contributed by atoms with Gasteiger partial charge in [0.1, 0.15) is 17.8 Å². The minimum Gasteiger partial charge on any atom is -0.345 e. The Bertz CT molecular complexity index is 1110. The molecular formula is C15H13F2N5O3S. The first-order chi connectivity index (χ1) is 12.2. The van der Waals surface area contributed by atoms with E-state index in [0.29, 0.717) is 5.65 Å². The second kappa shape index (κ2) is 6.42. The first kappa shape index (κ1) is 17.9. The van der Waals surface area contributed by atoms with Gasteiger partial charge in [-0.3, -0.25) is 9.52 Å². The maximum Gasteiger partial charge on any atom is 0.301 e. The fourth-order valence-electron chi connectivity index (χ4n) is 2.25. The Labute approximate surface area is 147 Å². The number of halogens is 2. The van der Waals surface area contributed by atoms with Crippen LogP contribution >= 0.6 is 0 Å². The highest BCUT2D eigenvalue weighted by Crippen LogP contribution is 2.27. The molecule has 0 aliphatic heterocycles.